The molecule has 2 aliphatic carbocycles. The second kappa shape index (κ2) is 5.45. The largest absolute Gasteiger partial charge is 0.394 e. The molecule has 3 rings (SSSR count). The molecule has 2 N–H and O–H groups in total. The number of benzene rings is 1. The minimum absolute atomic E-state index is 0.0182. The third-order valence-electron chi connectivity index (χ3n) is 5.68. The van der Waals surface area contributed by atoms with Gasteiger partial charge in [0.1, 0.15) is 0 Å². The number of amides is 1. The molecule has 0 saturated heterocycles. The highest BCUT2D eigenvalue weighted by atomic mass is 16.3. The van der Waals surface area contributed by atoms with Crippen LogP contribution in [0.3, 0.4) is 0 Å². The van der Waals surface area contributed by atoms with E-state index in [1.807, 2.05) is 13.8 Å². The molecule has 1 aromatic rings. The van der Waals surface area contributed by atoms with E-state index in [1.54, 1.807) is 0 Å². The molecule has 3 nitrogen and oxygen atoms in total. The van der Waals surface area contributed by atoms with Gasteiger partial charge in [0, 0.05) is 5.92 Å². The van der Waals surface area contributed by atoms with Gasteiger partial charge in [-0.1, -0.05) is 38.1 Å². The molecule has 2 aliphatic rings. The highest BCUT2D eigenvalue weighted by molar-refractivity contribution is 5.84. The van der Waals surface area contributed by atoms with Gasteiger partial charge in [-0.3, -0.25) is 4.79 Å². The summed E-state index contributed by atoms with van der Waals surface area (Å²) in [4.78, 5) is 12.7. The van der Waals surface area contributed by atoms with Gasteiger partial charge in [0.05, 0.1) is 12.1 Å². The summed E-state index contributed by atoms with van der Waals surface area (Å²) >= 11 is 0. The molecule has 1 fully saturated rings. The molecule has 21 heavy (non-hydrogen) atoms. The zero-order chi connectivity index (χ0) is 15.0. The van der Waals surface area contributed by atoms with Crippen LogP contribution in [0.5, 0.6) is 0 Å². The molecule has 1 saturated carbocycles. The number of aliphatic hydroxyl groups excluding tert-OH is 1. The summed E-state index contributed by atoms with van der Waals surface area (Å²) in [7, 11) is 0. The van der Waals surface area contributed by atoms with Gasteiger partial charge in [0.25, 0.3) is 0 Å². The Balaban J connectivity index is 1.74. The number of rotatable bonds is 5. The molecular formula is C18H25NO2. The van der Waals surface area contributed by atoms with E-state index >= 15 is 0 Å². The highest BCUT2D eigenvalue weighted by Gasteiger charge is 2.57. The molecule has 0 aliphatic heterocycles. The predicted molar refractivity (Wildman–Crippen MR) is 83.0 cm³/mol. The van der Waals surface area contributed by atoms with Crippen molar-refractivity contribution in [1.82, 2.24) is 5.32 Å². The van der Waals surface area contributed by atoms with Crippen molar-refractivity contribution in [3.8, 4) is 0 Å². The summed E-state index contributed by atoms with van der Waals surface area (Å²) in [6.07, 6.45) is 3.74. The summed E-state index contributed by atoms with van der Waals surface area (Å²) in [6.45, 7) is 4.06. The predicted octanol–water partition coefficient (Wildman–Crippen LogP) is 2.63. The minimum Gasteiger partial charge on any atom is -0.394 e. The van der Waals surface area contributed by atoms with Crippen molar-refractivity contribution < 1.29 is 9.90 Å². The van der Waals surface area contributed by atoms with Gasteiger partial charge in [-0.15, -0.1) is 0 Å². The fraction of sp³-hybridized carbons (Fsp3) is 0.611. The Kier molecular flexibility index (Phi) is 3.78. The van der Waals surface area contributed by atoms with Crippen LogP contribution < -0.4 is 5.32 Å². The molecule has 3 unspecified atom stereocenters. The van der Waals surface area contributed by atoms with Crippen LogP contribution in [0, 0.1) is 11.8 Å². The lowest BCUT2D eigenvalue weighted by atomic mass is 9.92. The fourth-order valence-corrected chi connectivity index (χ4v) is 3.96. The number of carbonyl (C=O) groups is 1. The summed E-state index contributed by atoms with van der Waals surface area (Å²) in [5, 5.41) is 12.8. The Bertz CT molecular complexity index is 528. The van der Waals surface area contributed by atoms with Gasteiger partial charge in [-0.25, -0.2) is 0 Å². The smallest absolute Gasteiger partial charge is 0.224 e. The zero-order valence-corrected chi connectivity index (χ0v) is 12.9. The van der Waals surface area contributed by atoms with Gasteiger partial charge in [0.2, 0.25) is 5.91 Å². The normalized spacial score (nSPS) is 26.7. The quantitative estimate of drug-likeness (QED) is 0.874. The summed E-state index contributed by atoms with van der Waals surface area (Å²) in [5.74, 6) is 1.15. The molecule has 0 bridgehead atoms. The van der Waals surface area contributed by atoms with E-state index in [0.29, 0.717) is 11.8 Å². The Morgan fingerprint density at radius 3 is 2.71 bits per heavy atom. The van der Waals surface area contributed by atoms with Crippen LogP contribution in [0.15, 0.2) is 24.3 Å². The Labute approximate surface area is 126 Å². The van der Waals surface area contributed by atoms with E-state index in [4.69, 9.17) is 0 Å². The van der Waals surface area contributed by atoms with Crippen molar-refractivity contribution in [3.63, 3.8) is 0 Å². The molecular weight excluding hydrogens is 262 g/mol. The van der Waals surface area contributed by atoms with E-state index in [0.717, 1.165) is 25.7 Å². The summed E-state index contributed by atoms with van der Waals surface area (Å²) in [5.41, 5.74) is 2.34. The number of carbonyl (C=O) groups excluding carboxylic acids is 1. The van der Waals surface area contributed by atoms with Gasteiger partial charge in [-0.05, 0) is 48.6 Å². The first-order chi connectivity index (χ1) is 10.2. The van der Waals surface area contributed by atoms with E-state index < -0.39 is 5.54 Å². The van der Waals surface area contributed by atoms with E-state index in [9.17, 15) is 9.90 Å². The van der Waals surface area contributed by atoms with Crippen LogP contribution in [-0.2, 0) is 11.2 Å². The van der Waals surface area contributed by atoms with Crippen molar-refractivity contribution in [2.45, 2.75) is 51.0 Å². The molecule has 0 aromatic heterocycles. The summed E-state index contributed by atoms with van der Waals surface area (Å²) < 4.78 is 0. The van der Waals surface area contributed by atoms with Gasteiger partial charge >= 0.3 is 0 Å². The Morgan fingerprint density at radius 1 is 1.33 bits per heavy atom. The third-order valence-corrected chi connectivity index (χ3v) is 5.68. The number of hydrogen-bond donors (Lipinski definition) is 2. The maximum Gasteiger partial charge on any atom is 0.224 e. The standard InChI is InChI=1S/C18H25NO2/c1-3-18(4-2,11-20)19-17(21)16-14-10-9-12-7-5-6-8-13(12)15(14)16/h5-8,14-16,20H,3-4,9-11H2,1-2H3,(H,19,21). The van der Waals surface area contributed by atoms with Gasteiger partial charge in [0.15, 0.2) is 0 Å². The minimum atomic E-state index is -0.442. The van der Waals surface area contributed by atoms with Crippen molar-refractivity contribution in [3.05, 3.63) is 35.4 Å². The number of hydrogen-bond acceptors (Lipinski definition) is 2. The van der Waals surface area contributed by atoms with E-state index in [2.05, 4.69) is 29.6 Å². The third kappa shape index (κ3) is 2.38. The molecule has 114 valence electrons. The first-order valence-corrected chi connectivity index (χ1v) is 8.16. The summed E-state index contributed by atoms with van der Waals surface area (Å²) in [6, 6.07) is 8.53. The maximum absolute atomic E-state index is 12.7. The number of nitrogens with one attached hydrogen (secondary N) is 1. The zero-order valence-electron chi connectivity index (χ0n) is 12.9. The van der Waals surface area contributed by atoms with Gasteiger partial charge in [-0.2, -0.15) is 0 Å². The van der Waals surface area contributed by atoms with E-state index in [1.165, 1.54) is 11.1 Å². The SMILES string of the molecule is CCC(CC)(CO)NC(=O)C1C2CCc3ccccc3C21. The first-order valence-electron chi connectivity index (χ1n) is 8.16. The van der Waals surface area contributed by atoms with Crippen LogP contribution in [0.1, 0.15) is 50.2 Å². The molecule has 0 radical (unpaired) electrons. The number of aliphatic hydroxyl groups is 1. The van der Waals surface area contributed by atoms with Crippen LogP contribution >= 0.6 is 0 Å². The fourth-order valence-electron chi connectivity index (χ4n) is 3.96. The lowest BCUT2D eigenvalue weighted by Gasteiger charge is -2.31. The van der Waals surface area contributed by atoms with Gasteiger partial charge < -0.3 is 10.4 Å². The van der Waals surface area contributed by atoms with Crippen molar-refractivity contribution >= 4 is 5.91 Å². The average Bonchev–Trinajstić information content (AvgIpc) is 3.28. The van der Waals surface area contributed by atoms with E-state index in [-0.39, 0.29) is 18.4 Å². The number of aryl methyl sites for hydroxylation is 1. The molecule has 0 heterocycles. The lowest BCUT2D eigenvalue weighted by molar-refractivity contribution is -0.125. The van der Waals surface area contributed by atoms with Crippen molar-refractivity contribution in [2.75, 3.05) is 6.61 Å². The monoisotopic (exact) mass is 287 g/mol. The number of fused-ring (bicyclic) bond motifs is 3. The molecule has 0 spiro atoms. The second-order valence-corrected chi connectivity index (χ2v) is 6.59. The second-order valence-electron chi connectivity index (χ2n) is 6.59. The van der Waals surface area contributed by atoms with Crippen LogP contribution in [0.2, 0.25) is 0 Å². The molecule has 1 aromatic carbocycles. The molecule has 1 amide bonds. The highest BCUT2D eigenvalue weighted by Crippen LogP contribution is 2.59. The van der Waals surface area contributed by atoms with Crippen LogP contribution in [-0.4, -0.2) is 23.2 Å². The first kappa shape index (κ1) is 14.6. The molecule has 3 atom stereocenters. The van der Waals surface area contributed by atoms with Crippen molar-refractivity contribution in [2.24, 2.45) is 11.8 Å². The topological polar surface area (TPSA) is 49.3 Å². The van der Waals surface area contributed by atoms with Crippen LogP contribution in [0.4, 0.5) is 0 Å². The van der Waals surface area contributed by atoms with Crippen LogP contribution in [0.25, 0.3) is 0 Å². The molecule has 3 heteroatoms. The maximum atomic E-state index is 12.7. The lowest BCUT2D eigenvalue weighted by Crippen LogP contribution is -2.51. The van der Waals surface area contributed by atoms with Crippen molar-refractivity contribution in [1.29, 1.82) is 0 Å². The Hall–Kier alpha value is -1.35. The Morgan fingerprint density at radius 2 is 2.05 bits per heavy atom. The average molecular weight is 287 g/mol.